The van der Waals surface area contributed by atoms with Crippen molar-refractivity contribution >= 4 is 17.3 Å². The molecule has 0 radical (unpaired) electrons. The standard InChI is InChI=1S/C20H18N2O10/c23-9-30-14-2-1-12(16(7-14)21(25)26)6-15-13(8-29-20(15)24)3-11-4-17(22(27)28)19-18(5-11)31-10-32-19/h1-2,4-5,7,13,15,23H,3,6,8-10H2/t13?,15-/m0/s1. The van der Waals surface area contributed by atoms with Crippen LogP contribution in [-0.2, 0) is 22.4 Å². The highest BCUT2D eigenvalue weighted by Crippen LogP contribution is 2.43. The zero-order valence-electron chi connectivity index (χ0n) is 16.6. The molecule has 1 saturated heterocycles. The number of rotatable bonds is 8. The predicted molar refractivity (Wildman–Crippen MR) is 105 cm³/mol. The van der Waals surface area contributed by atoms with E-state index in [1.807, 2.05) is 0 Å². The van der Waals surface area contributed by atoms with Crippen LogP contribution in [0.25, 0.3) is 0 Å². The van der Waals surface area contributed by atoms with Crippen LogP contribution < -0.4 is 14.2 Å². The van der Waals surface area contributed by atoms with Gasteiger partial charge in [0, 0.05) is 17.5 Å². The summed E-state index contributed by atoms with van der Waals surface area (Å²) in [5, 5.41) is 31.7. The van der Waals surface area contributed by atoms with Gasteiger partial charge < -0.3 is 24.1 Å². The second kappa shape index (κ2) is 8.67. The minimum absolute atomic E-state index is 0.0475. The fraction of sp³-hybridized carbons (Fsp3) is 0.350. The summed E-state index contributed by atoms with van der Waals surface area (Å²) in [6.07, 6.45) is 0.319. The number of nitro groups is 2. The SMILES string of the molecule is O=C1OCC(Cc2cc3c(c([N+](=O)[O-])c2)OCO3)[C@@H]1Cc1ccc(OCO)cc1[N+](=O)[O-]. The number of fused-ring (bicyclic) bond motifs is 1. The number of cyclic esters (lactones) is 1. The van der Waals surface area contributed by atoms with Gasteiger partial charge in [-0.1, -0.05) is 0 Å². The molecule has 0 aromatic heterocycles. The van der Waals surface area contributed by atoms with Crippen LogP contribution in [0, 0.1) is 32.1 Å². The van der Waals surface area contributed by atoms with Crippen LogP contribution in [0.1, 0.15) is 11.1 Å². The molecule has 0 aliphatic carbocycles. The van der Waals surface area contributed by atoms with E-state index in [1.165, 1.54) is 24.3 Å². The molecule has 12 nitrogen and oxygen atoms in total. The smallest absolute Gasteiger partial charge is 0.315 e. The number of aliphatic hydroxyl groups excluding tert-OH is 1. The molecule has 1 fully saturated rings. The summed E-state index contributed by atoms with van der Waals surface area (Å²) < 4.78 is 20.5. The molecule has 12 heteroatoms. The van der Waals surface area contributed by atoms with Crippen LogP contribution in [0.4, 0.5) is 11.4 Å². The largest absolute Gasteiger partial charge is 0.468 e. The minimum Gasteiger partial charge on any atom is -0.468 e. The number of nitro benzene ring substituents is 2. The van der Waals surface area contributed by atoms with E-state index in [-0.39, 0.29) is 60.8 Å². The van der Waals surface area contributed by atoms with Gasteiger partial charge in [-0.3, -0.25) is 25.0 Å². The molecular formula is C20H18N2O10. The molecule has 2 aromatic rings. The number of ether oxygens (including phenoxy) is 4. The number of benzene rings is 2. The summed E-state index contributed by atoms with van der Waals surface area (Å²) in [6.45, 7) is -0.659. The first kappa shape index (κ1) is 21.3. The van der Waals surface area contributed by atoms with E-state index in [2.05, 4.69) is 0 Å². The van der Waals surface area contributed by atoms with Crippen molar-refractivity contribution in [3.05, 3.63) is 61.7 Å². The quantitative estimate of drug-likeness (QED) is 0.275. The molecule has 2 atom stereocenters. The van der Waals surface area contributed by atoms with E-state index in [1.54, 1.807) is 6.07 Å². The number of hydrogen-bond donors (Lipinski definition) is 1. The molecule has 0 bridgehead atoms. The Bertz CT molecular complexity index is 1090. The van der Waals surface area contributed by atoms with Crippen molar-refractivity contribution in [2.45, 2.75) is 12.8 Å². The van der Waals surface area contributed by atoms with Crippen molar-refractivity contribution in [2.24, 2.45) is 11.8 Å². The van der Waals surface area contributed by atoms with Crippen molar-refractivity contribution in [3.8, 4) is 17.2 Å². The van der Waals surface area contributed by atoms with Crippen LogP contribution in [-0.4, -0.2) is 41.1 Å². The van der Waals surface area contributed by atoms with Gasteiger partial charge in [0.05, 0.1) is 28.4 Å². The lowest BCUT2D eigenvalue weighted by Crippen LogP contribution is -2.21. The Morgan fingerprint density at radius 3 is 2.53 bits per heavy atom. The highest BCUT2D eigenvalue weighted by molar-refractivity contribution is 5.75. The molecule has 1 unspecified atom stereocenters. The molecule has 2 aliphatic heterocycles. The van der Waals surface area contributed by atoms with Gasteiger partial charge in [-0.15, -0.1) is 0 Å². The number of hydrogen-bond acceptors (Lipinski definition) is 10. The highest BCUT2D eigenvalue weighted by atomic mass is 16.7. The Labute approximate surface area is 180 Å². The molecule has 2 heterocycles. The zero-order chi connectivity index (χ0) is 22.8. The van der Waals surface area contributed by atoms with Gasteiger partial charge in [0.1, 0.15) is 5.75 Å². The van der Waals surface area contributed by atoms with Crippen LogP contribution >= 0.6 is 0 Å². The normalized spacial score (nSPS) is 19.0. The molecule has 168 valence electrons. The molecule has 2 aromatic carbocycles. The van der Waals surface area contributed by atoms with Gasteiger partial charge in [0.2, 0.25) is 12.5 Å². The third-order valence-electron chi connectivity index (χ3n) is 5.44. The number of esters is 1. The molecule has 0 spiro atoms. The maximum absolute atomic E-state index is 12.4. The summed E-state index contributed by atoms with van der Waals surface area (Å²) >= 11 is 0. The van der Waals surface area contributed by atoms with Gasteiger partial charge in [-0.25, -0.2) is 0 Å². The number of carbonyl (C=O) groups excluding carboxylic acids is 1. The van der Waals surface area contributed by atoms with Gasteiger partial charge in [0.15, 0.2) is 12.5 Å². The van der Waals surface area contributed by atoms with E-state index in [0.717, 1.165) is 0 Å². The Kier molecular flexibility index (Phi) is 5.77. The molecular weight excluding hydrogens is 428 g/mol. The van der Waals surface area contributed by atoms with E-state index >= 15 is 0 Å². The third-order valence-corrected chi connectivity index (χ3v) is 5.44. The van der Waals surface area contributed by atoms with Gasteiger partial charge in [-0.2, -0.15) is 0 Å². The second-order valence-electron chi connectivity index (χ2n) is 7.33. The van der Waals surface area contributed by atoms with Gasteiger partial charge >= 0.3 is 11.7 Å². The summed E-state index contributed by atoms with van der Waals surface area (Å²) in [5.74, 6) is -1.07. The van der Waals surface area contributed by atoms with Crippen LogP contribution in [0.15, 0.2) is 30.3 Å². The number of aliphatic hydroxyl groups is 1. The zero-order valence-corrected chi connectivity index (χ0v) is 16.6. The summed E-state index contributed by atoms with van der Waals surface area (Å²) in [5.41, 5.74) is 0.404. The molecule has 32 heavy (non-hydrogen) atoms. The average molecular weight is 446 g/mol. The first-order valence-corrected chi connectivity index (χ1v) is 9.62. The van der Waals surface area contributed by atoms with Crippen molar-refractivity contribution in [3.63, 3.8) is 0 Å². The number of nitrogens with zero attached hydrogens (tertiary/aromatic N) is 2. The average Bonchev–Trinajstić information content (AvgIpc) is 3.36. The lowest BCUT2D eigenvalue weighted by atomic mass is 9.84. The lowest BCUT2D eigenvalue weighted by molar-refractivity contribution is -0.385. The molecule has 2 aliphatic rings. The van der Waals surface area contributed by atoms with Crippen LogP contribution in [0.3, 0.4) is 0 Å². The van der Waals surface area contributed by atoms with E-state index < -0.39 is 28.5 Å². The van der Waals surface area contributed by atoms with E-state index in [9.17, 15) is 25.0 Å². The maximum Gasteiger partial charge on any atom is 0.315 e. The van der Waals surface area contributed by atoms with Crippen molar-refractivity contribution in [1.29, 1.82) is 0 Å². The summed E-state index contributed by atoms with van der Waals surface area (Å²) in [7, 11) is 0. The monoisotopic (exact) mass is 446 g/mol. The maximum atomic E-state index is 12.4. The first-order chi connectivity index (χ1) is 15.4. The third kappa shape index (κ3) is 4.12. The molecule has 4 rings (SSSR count). The lowest BCUT2D eigenvalue weighted by Gasteiger charge is -2.16. The van der Waals surface area contributed by atoms with E-state index in [4.69, 9.17) is 24.1 Å². The van der Waals surface area contributed by atoms with Crippen molar-refractivity contribution in [2.75, 3.05) is 20.2 Å². The topological polar surface area (TPSA) is 161 Å². The van der Waals surface area contributed by atoms with Crippen molar-refractivity contribution in [1.82, 2.24) is 0 Å². The number of carbonyl (C=O) groups is 1. The van der Waals surface area contributed by atoms with Gasteiger partial charge in [-0.05, 0) is 36.6 Å². The van der Waals surface area contributed by atoms with Gasteiger partial charge in [0.25, 0.3) is 5.69 Å². The fourth-order valence-corrected chi connectivity index (χ4v) is 3.95. The Morgan fingerprint density at radius 2 is 1.81 bits per heavy atom. The van der Waals surface area contributed by atoms with Crippen molar-refractivity contribution < 1.29 is 38.7 Å². The fourth-order valence-electron chi connectivity index (χ4n) is 3.95. The highest BCUT2D eigenvalue weighted by Gasteiger charge is 2.39. The Balaban J connectivity index is 1.58. The predicted octanol–water partition coefficient (Wildman–Crippen LogP) is 2.13. The molecule has 0 saturated carbocycles. The first-order valence-electron chi connectivity index (χ1n) is 9.62. The molecule has 0 amide bonds. The van der Waals surface area contributed by atoms with Crippen LogP contribution in [0.5, 0.6) is 17.2 Å². The second-order valence-corrected chi connectivity index (χ2v) is 7.33. The Hall–Kier alpha value is -3.93. The summed E-state index contributed by atoms with van der Waals surface area (Å²) in [6, 6.07) is 7.11. The van der Waals surface area contributed by atoms with Crippen LogP contribution in [0.2, 0.25) is 0 Å². The Morgan fingerprint density at radius 1 is 1.03 bits per heavy atom. The van der Waals surface area contributed by atoms with E-state index in [0.29, 0.717) is 11.1 Å². The molecule has 1 N–H and O–H groups in total. The summed E-state index contributed by atoms with van der Waals surface area (Å²) in [4.78, 5) is 34.1. The minimum atomic E-state index is -0.678.